The highest BCUT2D eigenvalue weighted by Crippen LogP contribution is 2.38. The van der Waals surface area contributed by atoms with Gasteiger partial charge in [-0.25, -0.2) is 9.18 Å². The van der Waals surface area contributed by atoms with Crippen LogP contribution in [0.25, 0.3) is 21.8 Å². The summed E-state index contributed by atoms with van der Waals surface area (Å²) in [5.74, 6) is 0.618. The quantitative estimate of drug-likeness (QED) is 0.480. The molecule has 170 valence electrons. The highest BCUT2D eigenvalue weighted by molar-refractivity contribution is 5.89. The molecular weight excluding hydrogens is 427 g/mol. The minimum Gasteiger partial charge on any atom is -0.493 e. The number of carbonyl (C=O) groups excluding carboxylic acids is 1. The third kappa shape index (κ3) is 4.03. The lowest BCUT2D eigenvalue weighted by Gasteiger charge is -2.26. The Kier molecular flexibility index (Phi) is 5.47. The molecule has 0 unspecified atom stereocenters. The minimum absolute atomic E-state index is 0.0872. The summed E-state index contributed by atoms with van der Waals surface area (Å²) < 4.78 is 32.1. The lowest BCUT2D eigenvalue weighted by atomic mass is 10.1. The summed E-state index contributed by atoms with van der Waals surface area (Å²) in [4.78, 5) is 21.7. The second-order valence-corrected chi connectivity index (χ2v) is 7.83. The van der Waals surface area contributed by atoms with E-state index in [1.807, 2.05) is 6.92 Å². The third-order valence-corrected chi connectivity index (χ3v) is 5.62. The number of rotatable bonds is 4. The molecule has 1 aliphatic rings. The first-order valence-corrected chi connectivity index (χ1v) is 10.6. The van der Waals surface area contributed by atoms with Gasteiger partial charge in [0.05, 0.1) is 12.6 Å². The minimum atomic E-state index is -0.458. The summed E-state index contributed by atoms with van der Waals surface area (Å²) in [7, 11) is 1.49. The molecule has 1 saturated heterocycles. The Hall–Kier alpha value is -3.85. The third-order valence-electron chi connectivity index (χ3n) is 5.62. The molecule has 1 fully saturated rings. The van der Waals surface area contributed by atoms with Gasteiger partial charge in [0.15, 0.2) is 23.1 Å². The van der Waals surface area contributed by atoms with Crippen LogP contribution in [-0.4, -0.2) is 54.2 Å². The molecular formula is C24H23FN4O4. The number of carbonyl (C=O) groups is 1. The SMILES string of the molecule is COc1cc2nccc(Oc3ccc4[nH]c(C)cc4c3F)c2cc1OC(=O)N1CCNCC1. The number of aryl methyl sites for hydroxylation is 1. The predicted molar refractivity (Wildman–Crippen MR) is 122 cm³/mol. The smallest absolute Gasteiger partial charge is 0.415 e. The van der Waals surface area contributed by atoms with Crippen LogP contribution in [0.1, 0.15) is 5.69 Å². The molecule has 33 heavy (non-hydrogen) atoms. The normalized spacial score (nSPS) is 14.0. The zero-order valence-electron chi connectivity index (χ0n) is 18.3. The number of nitrogens with one attached hydrogen (secondary N) is 2. The Balaban J connectivity index is 1.51. The van der Waals surface area contributed by atoms with Crippen molar-refractivity contribution < 1.29 is 23.4 Å². The van der Waals surface area contributed by atoms with E-state index in [2.05, 4.69) is 15.3 Å². The van der Waals surface area contributed by atoms with Crippen LogP contribution in [0, 0.1) is 12.7 Å². The number of aromatic amines is 1. The molecule has 0 saturated carbocycles. The van der Waals surface area contributed by atoms with Crippen molar-refractivity contribution in [2.45, 2.75) is 6.92 Å². The van der Waals surface area contributed by atoms with Crippen molar-refractivity contribution in [3.05, 3.63) is 54.1 Å². The maximum atomic E-state index is 15.1. The predicted octanol–water partition coefficient (Wildman–Crippen LogP) is 4.37. The molecule has 9 heteroatoms. The number of ether oxygens (including phenoxy) is 3. The van der Waals surface area contributed by atoms with Crippen molar-refractivity contribution in [3.63, 3.8) is 0 Å². The monoisotopic (exact) mass is 450 g/mol. The number of H-pyrrole nitrogens is 1. The van der Waals surface area contributed by atoms with Crippen molar-refractivity contribution in [2.75, 3.05) is 33.3 Å². The fraction of sp³-hybridized carbons (Fsp3) is 0.250. The molecule has 0 atom stereocenters. The number of methoxy groups -OCH3 is 1. The molecule has 2 N–H and O–H groups in total. The van der Waals surface area contributed by atoms with Crippen LogP contribution in [0.2, 0.25) is 0 Å². The number of hydrogen-bond donors (Lipinski definition) is 2. The van der Waals surface area contributed by atoms with Crippen molar-refractivity contribution in [3.8, 4) is 23.0 Å². The standard InChI is InChI=1S/C24H23FN4O4/c1-14-11-16-17(28-14)3-4-20(23(16)25)32-19-5-6-27-18-13-21(31-2)22(12-15(18)19)33-24(30)29-9-7-26-8-10-29/h3-6,11-13,26,28H,7-10H2,1-2H3. The van der Waals surface area contributed by atoms with Crippen LogP contribution in [0.4, 0.5) is 9.18 Å². The Morgan fingerprint density at radius 3 is 2.64 bits per heavy atom. The summed E-state index contributed by atoms with van der Waals surface area (Å²) in [6.07, 6.45) is 1.11. The Labute approximate surface area is 189 Å². The summed E-state index contributed by atoms with van der Waals surface area (Å²) in [5, 5.41) is 4.21. The van der Waals surface area contributed by atoms with E-state index in [0.717, 1.165) is 5.69 Å². The van der Waals surface area contributed by atoms with Crippen LogP contribution >= 0.6 is 0 Å². The fourth-order valence-electron chi connectivity index (χ4n) is 3.95. The van der Waals surface area contributed by atoms with E-state index >= 15 is 4.39 Å². The number of halogens is 1. The number of amides is 1. The van der Waals surface area contributed by atoms with E-state index in [9.17, 15) is 4.79 Å². The zero-order valence-corrected chi connectivity index (χ0v) is 18.3. The fourth-order valence-corrected chi connectivity index (χ4v) is 3.95. The number of fused-ring (bicyclic) bond motifs is 2. The summed E-state index contributed by atoms with van der Waals surface area (Å²) in [6, 6.07) is 10.0. The Morgan fingerprint density at radius 2 is 1.85 bits per heavy atom. The molecule has 1 aliphatic heterocycles. The van der Waals surface area contributed by atoms with Gasteiger partial charge in [-0.2, -0.15) is 0 Å². The molecule has 1 amide bonds. The van der Waals surface area contributed by atoms with Crippen LogP contribution in [-0.2, 0) is 0 Å². The number of aromatic nitrogens is 2. The van der Waals surface area contributed by atoms with E-state index in [1.54, 1.807) is 47.5 Å². The second kappa shape index (κ2) is 8.59. The molecule has 0 aliphatic carbocycles. The molecule has 0 spiro atoms. The van der Waals surface area contributed by atoms with Crippen molar-refractivity contribution in [2.24, 2.45) is 0 Å². The van der Waals surface area contributed by atoms with Gasteiger partial charge in [-0.05, 0) is 37.3 Å². The maximum Gasteiger partial charge on any atom is 0.415 e. The highest BCUT2D eigenvalue weighted by Gasteiger charge is 2.21. The average molecular weight is 450 g/mol. The van der Waals surface area contributed by atoms with E-state index in [1.165, 1.54) is 7.11 Å². The second-order valence-electron chi connectivity index (χ2n) is 7.83. The highest BCUT2D eigenvalue weighted by atomic mass is 19.1. The molecule has 2 aromatic heterocycles. The summed E-state index contributed by atoms with van der Waals surface area (Å²) >= 11 is 0. The van der Waals surface area contributed by atoms with Gasteiger partial charge in [0, 0.05) is 60.4 Å². The first kappa shape index (κ1) is 21.0. The summed E-state index contributed by atoms with van der Waals surface area (Å²) in [5.41, 5.74) is 2.12. The summed E-state index contributed by atoms with van der Waals surface area (Å²) in [6.45, 7) is 4.41. The number of pyridine rings is 1. The average Bonchev–Trinajstić information content (AvgIpc) is 3.22. The lowest BCUT2D eigenvalue weighted by Crippen LogP contribution is -2.47. The van der Waals surface area contributed by atoms with Gasteiger partial charge in [-0.1, -0.05) is 0 Å². The van der Waals surface area contributed by atoms with Crippen molar-refractivity contribution in [1.29, 1.82) is 0 Å². The van der Waals surface area contributed by atoms with Gasteiger partial charge < -0.3 is 29.4 Å². The van der Waals surface area contributed by atoms with Crippen LogP contribution in [0.5, 0.6) is 23.0 Å². The molecule has 3 heterocycles. The number of piperazine rings is 1. The molecule has 8 nitrogen and oxygen atoms in total. The first-order valence-electron chi connectivity index (χ1n) is 10.6. The zero-order chi connectivity index (χ0) is 22.9. The largest absolute Gasteiger partial charge is 0.493 e. The van der Waals surface area contributed by atoms with Gasteiger partial charge in [0.25, 0.3) is 0 Å². The van der Waals surface area contributed by atoms with Gasteiger partial charge in [0.2, 0.25) is 0 Å². The molecule has 2 aromatic carbocycles. The number of benzene rings is 2. The molecule has 4 aromatic rings. The molecule has 0 bridgehead atoms. The van der Waals surface area contributed by atoms with Gasteiger partial charge in [-0.15, -0.1) is 0 Å². The number of hydrogen-bond acceptors (Lipinski definition) is 6. The van der Waals surface area contributed by atoms with Crippen molar-refractivity contribution >= 4 is 27.9 Å². The van der Waals surface area contributed by atoms with Crippen LogP contribution < -0.4 is 19.5 Å². The maximum absolute atomic E-state index is 15.1. The Morgan fingerprint density at radius 1 is 1.03 bits per heavy atom. The Bertz CT molecular complexity index is 1350. The lowest BCUT2D eigenvalue weighted by molar-refractivity contribution is 0.144. The van der Waals surface area contributed by atoms with E-state index in [0.29, 0.717) is 59.5 Å². The molecule has 5 rings (SSSR count). The van der Waals surface area contributed by atoms with Crippen LogP contribution in [0.15, 0.2) is 42.6 Å². The van der Waals surface area contributed by atoms with Gasteiger partial charge in [0.1, 0.15) is 5.75 Å². The molecule has 0 radical (unpaired) electrons. The topological polar surface area (TPSA) is 88.7 Å². The number of nitrogens with zero attached hydrogens (tertiary/aromatic N) is 2. The van der Waals surface area contributed by atoms with E-state index in [4.69, 9.17) is 14.2 Å². The van der Waals surface area contributed by atoms with Gasteiger partial charge in [-0.3, -0.25) is 4.98 Å². The van der Waals surface area contributed by atoms with Crippen LogP contribution in [0.3, 0.4) is 0 Å². The van der Waals surface area contributed by atoms with Crippen molar-refractivity contribution in [1.82, 2.24) is 20.2 Å². The van der Waals surface area contributed by atoms with E-state index < -0.39 is 11.9 Å². The van der Waals surface area contributed by atoms with Gasteiger partial charge >= 0.3 is 6.09 Å². The first-order chi connectivity index (χ1) is 16.0. The van der Waals surface area contributed by atoms with E-state index in [-0.39, 0.29) is 11.5 Å².